The van der Waals surface area contributed by atoms with E-state index >= 15 is 0 Å². The molecule has 0 fully saturated rings. The highest BCUT2D eigenvalue weighted by Crippen LogP contribution is 2.29. The molecule has 2 N–H and O–H groups in total. The average Bonchev–Trinajstić information content (AvgIpc) is 2.66. The quantitative estimate of drug-likeness (QED) is 0.752. The predicted molar refractivity (Wildman–Crippen MR) is 87.5 cm³/mol. The second-order valence-corrected chi connectivity index (χ2v) is 5.60. The molecule has 1 aliphatic heterocycles. The van der Waals surface area contributed by atoms with Crippen LogP contribution in [0, 0.1) is 12.8 Å². The van der Waals surface area contributed by atoms with Crippen LogP contribution in [0.25, 0.3) is 0 Å². The molecule has 0 aliphatic carbocycles. The van der Waals surface area contributed by atoms with Crippen LogP contribution in [-0.2, 0) is 14.3 Å². The van der Waals surface area contributed by atoms with E-state index < -0.39 is 5.92 Å². The predicted octanol–water partition coefficient (Wildman–Crippen LogP) is 1.88. The van der Waals surface area contributed by atoms with Crippen molar-refractivity contribution in [3.05, 3.63) is 23.8 Å². The van der Waals surface area contributed by atoms with Gasteiger partial charge in [0.15, 0.2) is 0 Å². The molecule has 0 radical (unpaired) electrons. The summed E-state index contributed by atoms with van der Waals surface area (Å²) >= 11 is 0. The topological polar surface area (TPSA) is 76.7 Å². The highest BCUT2D eigenvalue weighted by molar-refractivity contribution is 5.97. The fourth-order valence-corrected chi connectivity index (χ4v) is 2.36. The number of rotatable bonds is 7. The molecule has 0 bridgehead atoms. The first-order valence-corrected chi connectivity index (χ1v) is 7.99. The Labute approximate surface area is 136 Å². The molecular formula is C17H24N2O4. The van der Waals surface area contributed by atoms with E-state index in [9.17, 15) is 9.59 Å². The van der Waals surface area contributed by atoms with Gasteiger partial charge in [-0.15, -0.1) is 0 Å². The van der Waals surface area contributed by atoms with Gasteiger partial charge in [0.05, 0.1) is 11.6 Å². The Morgan fingerprint density at radius 3 is 3.09 bits per heavy atom. The molecule has 2 rings (SSSR count). The summed E-state index contributed by atoms with van der Waals surface area (Å²) in [6.07, 6.45) is 0.880. The molecule has 1 atom stereocenters. The minimum atomic E-state index is -0.491. The number of hydrogen-bond donors (Lipinski definition) is 2. The maximum absolute atomic E-state index is 12.2. The minimum Gasteiger partial charge on any atom is -0.491 e. The van der Waals surface area contributed by atoms with Gasteiger partial charge < -0.3 is 20.1 Å². The molecule has 6 nitrogen and oxygen atoms in total. The number of ether oxygens (including phenoxy) is 2. The second-order valence-electron chi connectivity index (χ2n) is 5.60. The maximum atomic E-state index is 12.2. The van der Waals surface area contributed by atoms with Crippen molar-refractivity contribution in [2.75, 3.05) is 31.7 Å². The number of carbonyl (C=O) groups is 2. The molecule has 23 heavy (non-hydrogen) atoms. The van der Waals surface area contributed by atoms with Gasteiger partial charge in [0.2, 0.25) is 11.8 Å². The number of benzene rings is 1. The summed E-state index contributed by atoms with van der Waals surface area (Å²) in [5.74, 6) is -0.177. The molecule has 1 aliphatic rings. The van der Waals surface area contributed by atoms with E-state index in [1.54, 1.807) is 0 Å². The third-order valence-electron chi connectivity index (χ3n) is 3.63. The summed E-state index contributed by atoms with van der Waals surface area (Å²) < 4.78 is 10.9. The minimum absolute atomic E-state index is 0.118. The van der Waals surface area contributed by atoms with Gasteiger partial charge in [-0.25, -0.2) is 0 Å². The van der Waals surface area contributed by atoms with Crippen LogP contribution in [0.5, 0.6) is 5.75 Å². The average molecular weight is 320 g/mol. The standard InChI is InChI=1S/C17H24N2O4/c1-3-22-8-4-7-18-16(20)10-13-11-23-15-6-5-12(2)9-14(15)19-17(13)21/h5-6,9,13H,3-4,7-8,10-11H2,1-2H3,(H,18,20)(H,19,21). The van der Waals surface area contributed by atoms with Gasteiger partial charge in [0, 0.05) is 26.2 Å². The van der Waals surface area contributed by atoms with E-state index in [1.807, 2.05) is 32.0 Å². The maximum Gasteiger partial charge on any atom is 0.231 e. The molecule has 1 aromatic rings. The number of hydrogen-bond acceptors (Lipinski definition) is 4. The zero-order valence-corrected chi connectivity index (χ0v) is 13.7. The van der Waals surface area contributed by atoms with Crippen molar-refractivity contribution in [3.63, 3.8) is 0 Å². The molecule has 0 spiro atoms. The molecule has 6 heteroatoms. The summed E-state index contributed by atoms with van der Waals surface area (Å²) in [5.41, 5.74) is 1.70. The Balaban J connectivity index is 1.83. The van der Waals surface area contributed by atoms with Crippen LogP contribution in [0.4, 0.5) is 5.69 Å². The van der Waals surface area contributed by atoms with Gasteiger partial charge in [0.25, 0.3) is 0 Å². The monoisotopic (exact) mass is 320 g/mol. The third-order valence-corrected chi connectivity index (χ3v) is 3.63. The number of fused-ring (bicyclic) bond motifs is 1. The van der Waals surface area contributed by atoms with Crippen LogP contribution in [0.15, 0.2) is 18.2 Å². The lowest BCUT2D eigenvalue weighted by Crippen LogP contribution is -2.33. The highest BCUT2D eigenvalue weighted by atomic mass is 16.5. The van der Waals surface area contributed by atoms with Crippen molar-refractivity contribution >= 4 is 17.5 Å². The summed E-state index contributed by atoms with van der Waals surface area (Å²) in [4.78, 5) is 24.2. The zero-order chi connectivity index (χ0) is 16.7. The third kappa shape index (κ3) is 5.25. The Morgan fingerprint density at radius 1 is 1.48 bits per heavy atom. The number of amides is 2. The van der Waals surface area contributed by atoms with Gasteiger partial charge in [-0.3, -0.25) is 9.59 Å². The number of aryl methyl sites for hydroxylation is 1. The first-order valence-electron chi connectivity index (χ1n) is 7.99. The van der Waals surface area contributed by atoms with E-state index in [2.05, 4.69) is 10.6 Å². The number of carbonyl (C=O) groups excluding carboxylic acids is 2. The lowest BCUT2D eigenvalue weighted by atomic mass is 10.1. The van der Waals surface area contributed by atoms with Crippen LogP contribution in [0.1, 0.15) is 25.3 Å². The molecule has 0 saturated heterocycles. The normalized spacial score (nSPS) is 16.8. The van der Waals surface area contributed by atoms with Crippen LogP contribution >= 0.6 is 0 Å². The summed E-state index contributed by atoms with van der Waals surface area (Å²) in [6.45, 7) is 5.93. The Bertz CT molecular complexity index is 560. The van der Waals surface area contributed by atoms with Gasteiger partial charge in [0.1, 0.15) is 12.4 Å². The lowest BCUT2D eigenvalue weighted by Gasteiger charge is -2.12. The molecule has 0 saturated carbocycles. The van der Waals surface area contributed by atoms with Crippen LogP contribution in [-0.4, -0.2) is 38.2 Å². The molecule has 2 amide bonds. The van der Waals surface area contributed by atoms with Crippen LogP contribution < -0.4 is 15.4 Å². The molecule has 1 unspecified atom stereocenters. The van der Waals surface area contributed by atoms with E-state index in [0.29, 0.717) is 31.2 Å². The zero-order valence-electron chi connectivity index (χ0n) is 13.7. The van der Waals surface area contributed by atoms with E-state index in [4.69, 9.17) is 9.47 Å². The lowest BCUT2D eigenvalue weighted by molar-refractivity contribution is -0.128. The molecule has 1 aromatic carbocycles. The molecule has 0 aromatic heterocycles. The first kappa shape index (κ1) is 17.3. The van der Waals surface area contributed by atoms with Crippen molar-refractivity contribution in [3.8, 4) is 5.75 Å². The fraction of sp³-hybridized carbons (Fsp3) is 0.529. The number of anilines is 1. The SMILES string of the molecule is CCOCCCNC(=O)CC1COc2ccc(C)cc2NC1=O. The van der Waals surface area contributed by atoms with E-state index in [1.165, 1.54) is 0 Å². The Hall–Kier alpha value is -2.08. The van der Waals surface area contributed by atoms with Crippen LogP contribution in [0.3, 0.4) is 0 Å². The number of nitrogens with one attached hydrogen (secondary N) is 2. The van der Waals surface area contributed by atoms with Crippen molar-refractivity contribution in [2.24, 2.45) is 5.92 Å². The van der Waals surface area contributed by atoms with Gasteiger partial charge in [-0.1, -0.05) is 6.07 Å². The van der Waals surface area contributed by atoms with Crippen molar-refractivity contribution in [1.29, 1.82) is 0 Å². The van der Waals surface area contributed by atoms with Crippen molar-refractivity contribution < 1.29 is 19.1 Å². The molecular weight excluding hydrogens is 296 g/mol. The van der Waals surface area contributed by atoms with Gasteiger partial charge in [-0.2, -0.15) is 0 Å². The Morgan fingerprint density at radius 2 is 2.30 bits per heavy atom. The fourth-order valence-electron chi connectivity index (χ4n) is 2.36. The first-order chi connectivity index (χ1) is 11.1. The van der Waals surface area contributed by atoms with Crippen molar-refractivity contribution in [1.82, 2.24) is 5.32 Å². The summed E-state index contributed by atoms with van der Waals surface area (Å²) in [6, 6.07) is 5.63. The Kier molecular flexibility index (Phi) is 6.40. The molecule has 1 heterocycles. The summed E-state index contributed by atoms with van der Waals surface area (Å²) in [7, 11) is 0. The van der Waals surface area contributed by atoms with E-state index in [0.717, 1.165) is 12.0 Å². The van der Waals surface area contributed by atoms with Crippen molar-refractivity contribution in [2.45, 2.75) is 26.7 Å². The van der Waals surface area contributed by atoms with Gasteiger partial charge in [-0.05, 0) is 38.0 Å². The largest absolute Gasteiger partial charge is 0.491 e. The smallest absolute Gasteiger partial charge is 0.231 e. The second kappa shape index (κ2) is 8.53. The molecule has 126 valence electrons. The van der Waals surface area contributed by atoms with E-state index in [-0.39, 0.29) is 24.8 Å². The van der Waals surface area contributed by atoms with Gasteiger partial charge >= 0.3 is 0 Å². The highest BCUT2D eigenvalue weighted by Gasteiger charge is 2.26. The van der Waals surface area contributed by atoms with Crippen LogP contribution in [0.2, 0.25) is 0 Å². The summed E-state index contributed by atoms with van der Waals surface area (Å²) in [5, 5.41) is 5.64.